The smallest absolute Gasteiger partial charge is 0.416 e. The van der Waals surface area contributed by atoms with Crippen LogP contribution in [0.5, 0.6) is 0 Å². The number of hydrogen-bond acceptors (Lipinski definition) is 4. The molecular weight excluding hydrogens is 309 g/mol. The molecule has 1 unspecified atom stereocenters. The van der Waals surface area contributed by atoms with E-state index in [1.165, 1.54) is 12.1 Å². The van der Waals surface area contributed by atoms with Crippen molar-refractivity contribution in [2.45, 2.75) is 25.7 Å². The Morgan fingerprint density at radius 3 is 2.61 bits per heavy atom. The van der Waals surface area contributed by atoms with Gasteiger partial charge in [0.25, 0.3) is 0 Å². The Hall–Kier alpha value is -1.86. The van der Waals surface area contributed by atoms with Crippen LogP contribution in [0.25, 0.3) is 0 Å². The highest BCUT2D eigenvalue weighted by atomic mass is 19.4. The summed E-state index contributed by atoms with van der Waals surface area (Å²) in [7, 11) is 0. The molecule has 0 saturated carbocycles. The Bertz CT molecular complexity index is 652. The fraction of sp³-hybridized carbons (Fsp3) is 0.438. The number of halogens is 3. The van der Waals surface area contributed by atoms with Gasteiger partial charge >= 0.3 is 6.18 Å². The molecule has 1 saturated heterocycles. The summed E-state index contributed by atoms with van der Waals surface area (Å²) in [4.78, 5) is 6.29. The first-order chi connectivity index (χ1) is 10.9. The van der Waals surface area contributed by atoms with Gasteiger partial charge in [0.2, 0.25) is 5.89 Å². The number of hydrogen-bond donors (Lipinski definition) is 0. The first-order valence-electron chi connectivity index (χ1n) is 7.34. The quantitative estimate of drug-likeness (QED) is 0.864. The zero-order valence-corrected chi connectivity index (χ0v) is 12.6. The lowest BCUT2D eigenvalue weighted by molar-refractivity contribution is -0.137. The molecule has 4 nitrogen and oxygen atoms in total. The standard InChI is InChI=1S/C16H17F3N2O2/c1-11-8-20-15(23-11)10-21-6-7-22-14(9-21)12-2-4-13(5-3-12)16(17,18)19/h2-5,8,14H,6-7,9-10H2,1H3. The Balaban J connectivity index is 1.66. The molecule has 0 radical (unpaired) electrons. The molecule has 0 spiro atoms. The van der Waals surface area contributed by atoms with Gasteiger partial charge in [-0.15, -0.1) is 0 Å². The molecule has 1 aromatic carbocycles. The van der Waals surface area contributed by atoms with Crippen molar-refractivity contribution in [3.05, 3.63) is 53.2 Å². The number of aryl methyl sites for hydroxylation is 1. The molecule has 0 aliphatic carbocycles. The topological polar surface area (TPSA) is 38.5 Å². The van der Waals surface area contributed by atoms with Gasteiger partial charge in [0.15, 0.2) is 0 Å². The lowest BCUT2D eigenvalue weighted by Gasteiger charge is -2.32. The van der Waals surface area contributed by atoms with Crippen LogP contribution in [0.4, 0.5) is 13.2 Å². The number of aromatic nitrogens is 1. The molecule has 2 heterocycles. The van der Waals surface area contributed by atoms with Crippen LogP contribution in [-0.4, -0.2) is 29.6 Å². The summed E-state index contributed by atoms with van der Waals surface area (Å²) in [6.45, 7) is 4.24. The molecule has 1 aliphatic rings. The average molecular weight is 326 g/mol. The van der Waals surface area contributed by atoms with Crippen molar-refractivity contribution in [3.8, 4) is 0 Å². The van der Waals surface area contributed by atoms with Gasteiger partial charge < -0.3 is 9.15 Å². The van der Waals surface area contributed by atoms with Crippen molar-refractivity contribution in [3.63, 3.8) is 0 Å². The summed E-state index contributed by atoms with van der Waals surface area (Å²) < 4.78 is 49.0. The van der Waals surface area contributed by atoms with E-state index in [1.54, 1.807) is 6.20 Å². The third-order valence-electron chi connectivity index (χ3n) is 3.79. The molecule has 0 N–H and O–H groups in total. The number of nitrogens with zero attached hydrogens (tertiary/aromatic N) is 2. The highest BCUT2D eigenvalue weighted by molar-refractivity contribution is 5.26. The SMILES string of the molecule is Cc1cnc(CN2CCOC(c3ccc(C(F)(F)F)cc3)C2)o1. The zero-order valence-electron chi connectivity index (χ0n) is 12.6. The molecule has 3 rings (SSSR count). The summed E-state index contributed by atoms with van der Waals surface area (Å²) in [5, 5.41) is 0. The van der Waals surface area contributed by atoms with Gasteiger partial charge in [0, 0.05) is 13.1 Å². The predicted molar refractivity (Wildman–Crippen MR) is 76.7 cm³/mol. The average Bonchev–Trinajstić information content (AvgIpc) is 2.92. The van der Waals surface area contributed by atoms with E-state index >= 15 is 0 Å². The third kappa shape index (κ3) is 3.92. The van der Waals surface area contributed by atoms with Crippen LogP contribution in [0.3, 0.4) is 0 Å². The number of oxazole rings is 1. The van der Waals surface area contributed by atoms with Crippen LogP contribution in [0.2, 0.25) is 0 Å². The van der Waals surface area contributed by atoms with E-state index in [-0.39, 0.29) is 6.10 Å². The molecule has 1 aliphatic heterocycles. The van der Waals surface area contributed by atoms with Crippen LogP contribution < -0.4 is 0 Å². The van der Waals surface area contributed by atoms with Gasteiger partial charge in [-0.1, -0.05) is 12.1 Å². The minimum Gasteiger partial charge on any atom is -0.445 e. The number of morpholine rings is 1. The van der Waals surface area contributed by atoms with E-state index in [0.717, 1.165) is 30.0 Å². The van der Waals surface area contributed by atoms with E-state index in [0.29, 0.717) is 25.6 Å². The molecule has 7 heteroatoms. The predicted octanol–water partition coefficient (Wildman–Crippen LogP) is 3.58. The lowest BCUT2D eigenvalue weighted by Crippen LogP contribution is -2.37. The Morgan fingerprint density at radius 2 is 2.00 bits per heavy atom. The van der Waals surface area contributed by atoms with E-state index in [9.17, 15) is 13.2 Å². The Kier molecular flexibility index (Phi) is 4.41. The van der Waals surface area contributed by atoms with Gasteiger partial charge in [-0.2, -0.15) is 13.2 Å². The molecule has 1 atom stereocenters. The van der Waals surface area contributed by atoms with Crippen LogP contribution in [0.1, 0.15) is 28.9 Å². The second-order valence-electron chi connectivity index (χ2n) is 5.58. The second kappa shape index (κ2) is 6.33. The summed E-state index contributed by atoms with van der Waals surface area (Å²) >= 11 is 0. The summed E-state index contributed by atoms with van der Waals surface area (Å²) in [6.07, 6.45) is -2.90. The maximum atomic E-state index is 12.6. The van der Waals surface area contributed by atoms with E-state index in [2.05, 4.69) is 9.88 Å². The minimum atomic E-state index is -4.32. The molecule has 2 aromatic rings. The van der Waals surface area contributed by atoms with E-state index in [1.807, 2.05) is 6.92 Å². The Morgan fingerprint density at radius 1 is 1.26 bits per heavy atom. The van der Waals surface area contributed by atoms with Crippen molar-refractivity contribution in [1.82, 2.24) is 9.88 Å². The summed E-state index contributed by atoms with van der Waals surface area (Å²) in [5.74, 6) is 1.39. The van der Waals surface area contributed by atoms with E-state index in [4.69, 9.17) is 9.15 Å². The normalized spacial score (nSPS) is 19.9. The number of ether oxygens (including phenoxy) is 1. The number of alkyl halides is 3. The number of benzene rings is 1. The maximum absolute atomic E-state index is 12.6. The highest BCUT2D eigenvalue weighted by Gasteiger charge is 2.31. The lowest BCUT2D eigenvalue weighted by atomic mass is 10.1. The Labute approximate surface area is 131 Å². The van der Waals surface area contributed by atoms with Crippen molar-refractivity contribution in [1.29, 1.82) is 0 Å². The van der Waals surface area contributed by atoms with Crippen molar-refractivity contribution in [2.75, 3.05) is 19.7 Å². The molecular formula is C16H17F3N2O2. The van der Waals surface area contributed by atoms with Crippen LogP contribution in [0.15, 0.2) is 34.9 Å². The van der Waals surface area contributed by atoms with Gasteiger partial charge in [0.05, 0.1) is 31.0 Å². The van der Waals surface area contributed by atoms with E-state index < -0.39 is 11.7 Å². The minimum absolute atomic E-state index is 0.248. The van der Waals surface area contributed by atoms with Gasteiger partial charge in [0.1, 0.15) is 5.76 Å². The monoisotopic (exact) mass is 326 g/mol. The molecule has 1 fully saturated rings. The van der Waals surface area contributed by atoms with Crippen molar-refractivity contribution < 1.29 is 22.3 Å². The van der Waals surface area contributed by atoms with Crippen molar-refractivity contribution >= 4 is 0 Å². The third-order valence-corrected chi connectivity index (χ3v) is 3.79. The molecule has 124 valence electrons. The summed E-state index contributed by atoms with van der Waals surface area (Å²) in [6, 6.07) is 5.14. The fourth-order valence-electron chi connectivity index (χ4n) is 2.60. The fourth-order valence-corrected chi connectivity index (χ4v) is 2.60. The zero-order chi connectivity index (χ0) is 16.4. The van der Waals surface area contributed by atoms with Gasteiger partial charge in [-0.05, 0) is 24.6 Å². The first-order valence-corrected chi connectivity index (χ1v) is 7.34. The van der Waals surface area contributed by atoms with Gasteiger partial charge in [-0.25, -0.2) is 4.98 Å². The van der Waals surface area contributed by atoms with Crippen LogP contribution >= 0.6 is 0 Å². The molecule has 23 heavy (non-hydrogen) atoms. The largest absolute Gasteiger partial charge is 0.445 e. The van der Waals surface area contributed by atoms with Crippen LogP contribution in [0, 0.1) is 6.92 Å². The molecule has 1 aromatic heterocycles. The molecule has 0 bridgehead atoms. The first kappa shape index (κ1) is 16.0. The number of rotatable bonds is 3. The van der Waals surface area contributed by atoms with Crippen molar-refractivity contribution in [2.24, 2.45) is 0 Å². The van der Waals surface area contributed by atoms with Gasteiger partial charge in [-0.3, -0.25) is 4.90 Å². The summed E-state index contributed by atoms with van der Waals surface area (Å²) in [5.41, 5.74) is 0.0930. The van der Waals surface area contributed by atoms with Crippen LogP contribution in [-0.2, 0) is 17.5 Å². The maximum Gasteiger partial charge on any atom is 0.416 e. The highest BCUT2D eigenvalue weighted by Crippen LogP contribution is 2.31. The second-order valence-corrected chi connectivity index (χ2v) is 5.58. The molecule has 0 amide bonds.